The van der Waals surface area contributed by atoms with E-state index in [0.717, 1.165) is 25.3 Å². The highest BCUT2D eigenvalue weighted by atomic mass is 16.5. The molecule has 2 aliphatic rings. The number of anilines is 1. The summed E-state index contributed by atoms with van der Waals surface area (Å²) in [4.78, 5) is 21.6. The van der Waals surface area contributed by atoms with Crippen LogP contribution < -0.4 is 4.90 Å². The lowest BCUT2D eigenvalue weighted by molar-refractivity contribution is -0.00165. The molecule has 2 aliphatic heterocycles. The number of rotatable bonds is 4. The number of hydrogen-bond acceptors (Lipinski definition) is 4. The van der Waals surface area contributed by atoms with Crippen molar-refractivity contribution in [1.82, 2.24) is 9.88 Å². The maximum absolute atomic E-state index is 13.0. The summed E-state index contributed by atoms with van der Waals surface area (Å²) in [6.45, 7) is 3.92. The first kappa shape index (κ1) is 16.1. The normalized spacial score (nSPS) is 20.2. The van der Waals surface area contributed by atoms with Crippen molar-refractivity contribution in [2.75, 3.05) is 37.7 Å². The van der Waals surface area contributed by atoms with E-state index in [1.54, 1.807) is 6.20 Å². The highest BCUT2D eigenvalue weighted by Gasteiger charge is 2.28. The molecule has 0 unspecified atom stereocenters. The predicted molar refractivity (Wildman–Crippen MR) is 96.9 cm³/mol. The quantitative estimate of drug-likeness (QED) is 0.859. The Balaban J connectivity index is 1.48. The molecule has 25 heavy (non-hydrogen) atoms. The van der Waals surface area contributed by atoms with Crippen LogP contribution in [0, 0.1) is 0 Å². The number of ether oxygens (including phenoxy) is 1. The number of aromatic nitrogens is 1. The molecule has 0 radical (unpaired) electrons. The van der Waals surface area contributed by atoms with Crippen molar-refractivity contribution in [1.29, 1.82) is 0 Å². The lowest BCUT2D eigenvalue weighted by Crippen LogP contribution is -2.49. The molecule has 5 nitrogen and oxygen atoms in total. The molecule has 3 heterocycles. The van der Waals surface area contributed by atoms with E-state index in [9.17, 15) is 4.79 Å². The van der Waals surface area contributed by atoms with Gasteiger partial charge in [-0.05, 0) is 30.5 Å². The lowest BCUT2D eigenvalue weighted by Gasteiger charge is -2.36. The highest BCUT2D eigenvalue weighted by molar-refractivity contribution is 5.94. The third kappa shape index (κ3) is 3.51. The van der Waals surface area contributed by atoms with Gasteiger partial charge < -0.3 is 14.5 Å². The fourth-order valence-electron chi connectivity index (χ4n) is 3.39. The van der Waals surface area contributed by atoms with Crippen LogP contribution in [-0.4, -0.2) is 54.7 Å². The van der Waals surface area contributed by atoms with Gasteiger partial charge in [0, 0.05) is 25.8 Å². The van der Waals surface area contributed by atoms with Crippen molar-refractivity contribution < 1.29 is 9.53 Å². The molecular weight excluding hydrogens is 314 g/mol. The first-order valence-corrected chi connectivity index (χ1v) is 8.95. The Kier molecular flexibility index (Phi) is 4.65. The Morgan fingerprint density at radius 3 is 2.64 bits per heavy atom. The van der Waals surface area contributed by atoms with Crippen LogP contribution in [0.15, 0.2) is 48.7 Å². The van der Waals surface area contributed by atoms with Crippen molar-refractivity contribution in [2.45, 2.75) is 18.9 Å². The van der Waals surface area contributed by atoms with Crippen LogP contribution in [0.5, 0.6) is 0 Å². The molecule has 2 aromatic rings. The van der Waals surface area contributed by atoms with E-state index in [-0.39, 0.29) is 11.9 Å². The average Bonchev–Trinajstić information content (AvgIpc) is 2.62. The Morgan fingerprint density at radius 1 is 1.12 bits per heavy atom. The van der Waals surface area contributed by atoms with Crippen molar-refractivity contribution >= 4 is 11.7 Å². The van der Waals surface area contributed by atoms with Crippen LogP contribution >= 0.6 is 0 Å². The van der Waals surface area contributed by atoms with E-state index in [4.69, 9.17) is 4.74 Å². The van der Waals surface area contributed by atoms with Gasteiger partial charge in [-0.3, -0.25) is 4.79 Å². The zero-order chi connectivity index (χ0) is 17.1. The van der Waals surface area contributed by atoms with Crippen LogP contribution in [0.25, 0.3) is 0 Å². The van der Waals surface area contributed by atoms with E-state index < -0.39 is 0 Å². The van der Waals surface area contributed by atoms with Gasteiger partial charge in [-0.15, -0.1) is 0 Å². The number of benzene rings is 1. The van der Waals surface area contributed by atoms with Crippen molar-refractivity contribution in [3.8, 4) is 0 Å². The number of nitrogens with zero attached hydrogens (tertiary/aromatic N) is 3. The molecular formula is C20H23N3O2. The number of hydrogen-bond donors (Lipinski definition) is 0. The zero-order valence-electron chi connectivity index (χ0n) is 14.3. The van der Waals surface area contributed by atoms with E-state index in [2.05, 4.69) is 22.0 Å². The first-order valence-electron chi connectivity index (χ1n) is 8.95. The topological polar surface area (TPSA) is 45.7 Å². The molecule has 0 aliphatic carbocycles. The highest BCUT2D eigenvalue weighted by Crippen LogP contribution is 2.20. The summed E-state index contributed by atoms with van der Waals surface area (Å²) in [6.07, 6.45) is 3.74. The summed E-state index contributed by atoms with van der Waals surface area (Å²) in [5, 5.41) is 0. The van der Waals surface area contributed by atoms with Gasteiger partial charge in [0.05, 0.1) is 24.8 Å². The van der Waals surface area contributed by atoms with Crippen LogP contribution in [0.3, 0.4) is 0 Å². The molecule has 5 heteroatoms. The predicted octanol–water partition coefficient (Wildman–Crippen LogP) is 2.38. The molecule has 1 aromatic heterocycles. The molecule has 4 rings (SSSR count). The van der Waals surface area contributed by atoms with Crippen molar-refractivity contribution in [2.24, 2.45) is 0 Å². The number of carbonyl (C=O) groups is 1. The van der Waals surface area contributed by atoms with E-state index in [0.29, 0.717) is 25.3 Å². The Labute approximate surface area is 148 Å². The minimum atomic E-state index is 0.0480. The lowest BCUT2D eigenvalue weighted by atomic mass is 10.0. The number of carbonyl (C=O) groups excluding carboxylic acids is 1. The van der Waals surface area contributed by atoms with Crippen molar-refractivity contribution in [3.63, 3.8) is 0 Å². The van der Waals surface area contributed by atoms with Crippen LogP contribution in [0.4, 0.5) is 5.82 Å². The van der Waals surface area contributed by atoms with Gasteiger partial charge in [0.2, 0.25) is 0 Å². The Hall–Kier alpha value is -2.40. The second-order valence-corrected chi connectivity index (χ2v) is 6.66. The van der Waals surface area contributed by atoms with Gasteiger partial charge >= 0.3 is 0 Å². The largest absolute Gasteiger partial charge is 0.377 e. The number of pyridine rings is 1. The zero-order valence-corrected chi connectivity index (χ0v) is 14.3. The Morgan fingerprint density at radius 2 is 1.96 bits per heavy atom. The smallest absolute Gasteiger partial charge is 0.255 e. The molecule has 0 saturated carbocycles. The second kappa shape index (κ2) is 7.23. The average molecular weight is 337 g/mol. The summed E-state index contributed by atoms with van der Waals surface area (Å²) in [7, 11) is 0. The molecule has 1 aromatic carbocycles. The Bertz CT molecular complexity index is 713. The molecule has 0 bridgehead atoms. The minimum absolute atomic E-state index is 0.0480. The maximum Gasteiger partial charge on any atom is 0.255 e. The first-order chi connectivity index (χ1) is 12.3. The van der Waals surface area contributed by atoms with Crippen LogP contribution in [0.1, 0.15) is 22.3 Å². The van der Waals surface area contributed by atoms with Gasteiger partial charge in [-0.2, -0.15) is 0 Å². The molecule has 2 fully saturated rings. The second-order valence-electron chi connectivity index (χ2n) is 6.66. The molecule has 0 spiro atoms. The molecule has 2 saturated heterocycles. The summed E-state index contributed by atoms with van der Waals surface area (Å²) in [5.74, 6) is 1.01. The summed E-state index contributed by atoms with van der Waals surface area (Å²) in [6, 6.07) is 14.2. The fourth-order valence-corrected chi connectivity index (χ4v) is 3.39. The standard InChI is InChI=1S/C20H23N3O2/c24-20(17-7-8-19(21-14-17)22-9-4-10-22)23-11-12-25-15-18(23)13-16-5-2-1-3-6-16/h1-3,5-8,14,18H,4,9-13,15H2/t18-/m0/s1. The van der Waals surface area contributed by atoms with Crippen molar-refractivity contribution in [3.05, 3.63) is 59.8 Å². The van der Waals surface area contributed by atoms with Gasteiger partial charge in [0.25, 0.3) is 5.91 Å². The SMILES string of the molecule is O=C(c1ccc(N2CCC2)nc1)N1CCOC[C@@H]1Cc1ccccc1. The van der Waals surface area contributed by atoms with Crippen LogP contribution in [0.2, 0.25) is 0 Å². The van der Waals surface area contributed by atoms with Gasteiger partial charge in [-0.25, -0.2) is 4.98 Å². The third-order valence-corrected chi connectivity index (χ3v) is 4.98. The summed E-state index contributed by atoms with van der Waals surface area (Å²) >= 11 is 0. The molecule has 0 N–H and O–H groups in total. The third-order valence-electron chi connectivity index (χ3n) is 4.98. The van der Waals surface area contributed by atoms with Crippen LogP contribution in [-0.2, 0) is 11.2 Å². The minimum Gasteiger partial charge on any atom is -0.377 e. The van der Waals surface area contributed by atoms with E-state index in [1.807, 2.05) is 35.2 Å². The fraction of sp³-hybridized carbons (Fsp3) is 0.400. The van der Waals surface area contributed by atoms with Gasteiger partial charge in [0.15, 0.2) is 0 Å². The number of amides is 1. The summed E-state index contributed by atoms with van der Waals surface area (Å²) in [5.41, 5.74) is 1.88. The number of morpholine rings is 1. The van der Waals surface area contributed by atoms with Gasteiger partial charge in [0.1, 0.15) is 5.82 Å². The van der Waals surface area contributed by atoms with Gasteiger partial charge in [-0.1, -0.05) is 30.3 Å². The monoisotopic (exact) mass is 337 g/mol. The molecule has 1 atom stereocenters. The molecule has 130 valence electrons. The molecule has 1 amide bonds. The maximum atomic E-state index is 13.0. The van der Waals surface area contributed by atoms with E-state index in [1.165, 1.54) is 12.0 Å². The summed E-state index contributed by atoms with van der Waals surface area (Å²) < 4.78 is 5.63. The van der Waals surface area contributed by atoms with E-state index >= 15 is 0 Å².